The van der Waals surface area contributed by atoms with Gasteiger partial charge in [0, 0.05) is 16.8 Å². The monoisotopic (exact) mass is 266 g/mol. The van der Waals surface area contributed by atoms with Gasteiger partial charge in [0.2, 0.25) is 0 Å². The van der Waals surface area contributed by atoms with Crippen molar-refractivity contribution in [3.05, 3.63) is 47.2 Å². The van der Waals surface area contributed by atoms with Gasteiger partial charge in [-0.3, -0.25) is 0 Å². The average molecular weight is 267 g/mol. The normalized spacial score (nSPS) is 10.2. The number of anilines is 3. The third-order valence-corrected chi connectivity index (χ3v) is 2.68. The second kappa shape index (κ2) is 5.14. The molecule has 0 fully saturated rings. The van der Waals surface area contributed by atoms with Crippen LogP contribution in [-0.2, 0) is 0 Å². The van der Waals surface area contributed by atoms with Crippen molar-refractivity contribution in [3.8, 4) is 5.75 Å². The second-order valence-electron chi connectivity index (χ2n) is 3.71. The minimum atomic E-state index is -0.410. The molecule has 0 amide bonds. The zero-order chi connectivity index (χ0) is 13.1. The first-order valence-corrected chi connectivity index (χ1v) is 5.63. The summed E-state index contributed by atoms with van der Waals surface area (Å²) in [6.45, 7) is 0. The van der Waals surface area contributed by atoms with Gasteiger partial charge in [-0.05, 0) is 30.3 Å². The van der Waals surface area contributed by atoms with E-state index in [1.807, 2.05) is 0 Å². The lowest BCUT2D eigenvalue weighted by Gasteiger charge is -2.11. The molecule has 0 saturated carbocycles. The summed E-state index contributed by atoms with van der Waals surface area (Å²) in [5.74, 6) is -0.236. The van der Waals surface area contributed by atoms with Crippen molar-refractivity contribution in [2.75, 3.05) is 18.2 Å². The fraction of sp³-hybridized carbons (Fsp3) is 0.0769. The molecule has 5 heteroatoms. The fourth-order valence-electron chi connectivity index (χ4n) is 1.54. The van der Waals surface area contributed by atoms with E-state index in [0.717, 1.165) is 0 Å². The van der Waals surface area contributed by atoms with Crippen LogP contribution in [0.3, 0.4) is 0 Å². The van der Waals surface area contributed by atoms with Crippen molar-refractivity contribution in [2.24, 2.45) is 0 Å². The van der Waals surface area contributed by atoms with Crippen LogP contribution >= 0.6 is 11.6 Å². The van der Waals surface area contributed by atoms with Gasteiger partial charge in [0.1, 0.15) is 0 Å². The Bertz CT molecular complexity index is 575. The van der Waals surface area contributed by atoms with Crippen LogP contribution in [0.1, 0.15) is 0 Å². The van der Waals surface area contributed by atoms with Gasteiger partial charge in [-0.2, -0.15) is 0 Å². The number of methoxy groups -OCH3 is 1. The van der Waals surface area contributed by atoms with E-state index in [9.17, 15) is 4.39 Å². The Balaban J connectivity index is 2.28. The molecule has 0 aromatic heterocycles. The van der Waals surface area contributed by atoms with E-state index in [0.29, 0.717) is 22.1 Å². The predicted octanol–water partition coefficient (Wildman–Crippen LogP) is 3.81. The number of nitrogens with one attached hydrogen (secondary N) is 1. The Hall–Kier alpha value is -1.94. The SMILES string of the molecule is COc1cc(Nc2ccc(Cl)cc2N)ccc1F. The first-order chi connectivity index (χ1) is 8.60. The zero-order valence-electron chi connectivity index (χ0n) is 9.71. The van der Waals surface area contributed by atoms with Gasteiger partial charge in [0.15, 0.2) is 11.6 Å². The summed E-state index contributed by atoms with van der Waals surface area (Å²) in [4.78, 5) is 0. The number of rotatable bonds is 3. The van der Waals surface area contributed by atoms with Crippen molar-refractivity contribution in [2.45, 2.75) is 0 Å². The van der Waals surface area contributed by atoms with Gasteiger partial charge in [0.05, 0.1) is 18.5 Å². The molecule has 0 aliphatic heterocycles. The molecule has 0 radical (unpaired) electrons. The first-order valence-electron chi connectivity index (χ1n) is 5.26. The zero-order valence-corrected chi connectivity index (χ0v) is 10.5. The van der Waals surface area contributed by atoms with Gasteiger partial charge < -0.3 is 15.8 Å². The second-order valence-corrected chi connectivity index (χ2v) is 4.14. The summed E-state index contributed by atoms with van der Waals surface area (Å²) in [5.41, 5.74) is 7.72. The van der Waals surface area contributed by atoms with E-state index >= 15 is 0 Å². The molecule has 3 nitrogen and oxygen atoms in total. The average Bonchev–Trinajstić information content (AvgIpc) is 2.35. The van der Waals surface area contributed by atoms with Gasteiger partial charge in [-0.15, -0.1) is 0 Å². The number of ether oxygens (including phenoxy) is 1. The highest BCUT2D eigenvalue weighted by Crippen LogP contribution is 2.28. The standard InChI is InChI=1S/C13H12ClFN2O/c1-18-13-7-9(3-4-10(13)15)17-12-5-2-8(14)6-11(12)16/h2-7,17H,16H2,1H3. The third-order valence-electron chi connectivity index (χ3n) is 2.44. The Kier molecular flexibility index (Phi) is 3.58. The van der Waals surface area contributed by atoms with Crippen molar-refractivity contribution < 1.29 is 9.13 Å². The Morgan fingerprint density at radius 3 is 2.67 bits per heavy atom. The lowest BCUT2D eigenvalue weighted by atomic mass is 10.2. The van der Waals surface area contributed by atoms with E-state index in [2.05, 4.69) is 5.32 Å². The van der Waals surface area contributed by atoms with Gasteiger partial charge in [0.25, 0.3) is 0 Å². The Labute approximate surface area is 109 Å². The Morgan fingerprint density at radius 2 is 2.00 bits per heavy atom. The van der Waals surface area contributed by atoms with Crippen LogP contribution in [-0.4, -0.2) is 7.11 Å². The third kappa shape index (κ3) is 2.65. The molecule has 0 unspecified atom stereocenters. The summed E-state index contributed by atoms with van der Waals surface area (Å²) in [5, 5.41) is 3.64. The summed E-state index contributed by atoms with van der Waals surface area (Å²) in [7, 11) is 1.42. The molecule has 0 bridgehead atoms. The van der Waals surface area contributed by atoms with Crippen molar-refractivity contribution in [3.63, 3.8) is 0 Å². The molecule has 0 atom stereocenters. The molecular weight excluding hydrogens is 255 g/mol. The fourth-order valence-corrected chi connectivity index (χ4v) is 1.72. The molecule has 2 rings (SSSR count). The number of benzene rings is 2. The number of hydrogen-bond donors (Lipinski definition) is 2. The maximum atomic E-state index is 13.2. The maximum absolute atomic E-state index is 13.2. The van der Waals surface area contributed by atoms with Gasteiger partial charge in [-0.1, -0.05) is 11.6 Å². The summed E-state index contributed by atoms with van der Waals surface area (Å²) < 4.78 is 18.2. The van der Waals surface area contributed by atoms with Crippen molar-refractivity contribution in [1.29, 1.82) is 0 Å². The van der Waals surface area contributed by atoms with E-state index in [1.165, 1.54) is 13.2 Å². The highest BCUT2D eigenvalue weighted by Gasteiger charge is 2.05. The number of halogens is 2. The molecular formula is C13H12ClFN2O. The highest BCUT2D eigenvalue weighted by atomic mass is 35.5. The number of nitrogen functional groups attached to an aromatic ring is 1. The van der Waals surface area contributed by atoms with Crippen LogP contribution in [0.5, 0.6) is 5.75 Å². The van der Waals surface area contributed by atoms with Crippen LogP contribution in [0.4, 0.5) is 21.5 Å². The van der Waals surface area contributed by atoms with E-state index in [1.54, 1.807) is 30.3 Å². The summed E-state index contributed by atoms with van der Waals surface area (Å²) in [6, 6.07) is 9.61. The minimum Gasteiger partial charge on any atom is -0.494 e. The predicted molar refractivity (Wildman–Crippen MR) is 72.1 cm³/mol. The molecule has 3 N–H and O–H groups in total. The van der Waals surface area contributed by atoms with Crippen molar-refractivity contribution >= 4 is 28.7 Å². The summed E-state index contributed by atoms with van der Waals surface area (Å²) >= 11 is 5.81. The molecule has 2 aromatic carbocycles. The lowest BCUT2D eigenvalue weighted by Crippen LogP contribution is -1.97. The summed E-state index contributed by atoms with van der Waals surface area (Å²) in [6.07, 6.45) is 0. The van der Waals surface area contributed by atoms with Gasteiger partial charge >= 0.3 is 0 Å². The quantitative estimate of drug-likeness (QED) is 0.831. The van der Waals surface area contributed by atoms with Crippen LogP contribution in [0, 0.1) is 5.82 Å². The number of nitrogens with two attached hydrogens (primary N) is 1. The molecule has 0 aliphatic carbocycles. The molecule has 18 heavy (non-hydrogen) atoms. The molecule has 0 spiro atoms. The van der Waals surface area contributed by atoms with Gasteiger partial charge in [-0.25, -0.2) is 4.39 Å². The smallest absolute Gasteiger partial charge is 0.165 e. The van der Waals surface area contributed by atoms with E-state index in [4.69, 9.17) is 22.1 Å². The van der Waals surface area contributed by atoms with E-state index < -0.39 is 5.82 Å². The van der Waals surface area contributed by atoms with E-state index in [-0.39, 0.29) is 5.75 Å². The Morgan fingerprint density at radius 1 is 1.22 bits per heavy atom. The lowest BCUT2D eigenvalue weighted by molar-refractivity contribution is 0.387. The van der Waals surface area contributed by atoms with Crippen LogP contribution in [0.2, 0.25) is 5.02 Å². The van der Waals surface area contributed by atoms with Crippen LogP contribution in [0.15, 0.2) is 36.4 Å². The minimum absolute atomic E-state index is 0.174. The first kappa shape index (κ1) is 12.5. The maximum Gasteiger partial charge on any atom is 0.165 e. The van der Waals surface area contributed by atoms with Crippen LogP contribution < -0.4 is 15.8 Å². The molecule has 0 aliphatic rings. The largest absolute Gasteiger partial charge is 0.494 e. The van der Waals surface area contributed by atoms with Crippen LogP contribution in [0.25, 0.3) is 0 Å². The molecule has 2 aromatic rings. The van der Waals surface area contributed by atoms with Crippen molar-refractivity contribution in [1.82, 2.24) is 0 Å². The number of hydrogen-bond acceptors (Lipinski definition) is 3. The molecule has 94 valence electrons. The topological polar surface area (TPSA) is 47.3 Å². The molecule has 0 heterocycles. The highest BCUT2D eigenvalue weighted by molar-refractivity contribution is 6.31. The molecule has 0 saturated heterocycles.